The lowest BCUT2D eigenvalue weighted by atomic mass is 10.2. The summed E-state index contributed by atoms with van der Waals surface area (Å²) >= 11 is 0. The molecule has 68 valence electrons. The topological polar surface area (TPSA) is 21.6 Å². The van der Waals surface area contributed by atoms with Gasteiger partial charge in [0.15, 0.2) is 0 Å². The molecule has 0 fully saturated rings. The van der Waals surface area contributed by atoms with Gasteiger partial charge in [-0.25, -0.2) is 4.99 Å². The molecule has 0 saturated heterocycles. The number of aliphatic imine (C=N–C) groups is 1. The average Bonchev–Trinajstić information content (AvgIpc) is 2.67. The summed E-state index contributed by atoms with van der Waals surface area (Å²) < 4.78 is 5.65. The van der Waals surface area contributed by atoms with Crippen molar-refractivity contribution in [2.45, 2.75) is 19.4 Å². The summed E-state index contributed by atoms with van der Waals surface area (Å²) in [6, 6.07) is 10.0. The Kier molecular flexibility index (Phi) is 2.30. The van der Waals surface area contributed by atoms with E-state index in [1.165, 1.54) is 0 Å². The summed E-state index contributed by atoms with van der Waals surface area (Å²) in [5.74, 6) is 0.799. The lowest BCUT2D eigenvalue weighted by molar-refractivity contribution is 0.220. The molecule has 0 bridgehead atoms. The van der Waals surface area contributed by atoms with Crippen molar-refractivity contribution >= 4 is 5.90 Å². The second-order valence-electron chi connectivity index (χ2n) is 3.16. The first-order valence-electron chi connectivity index (χ1n) is 4.66. The summed E-state index contributed by atoms with van der Waals surface area (Å²) in [5.41, 5.74) is 1.08. The fourth-order valence-electron chi connectivity index (χ4n) is 1.37. The van der Waals surface area contributed by atoms with Gasteiger partial charge < -0.3 is 4.74 Å². The summed E-state index contributed by atoms with van der Waals surface area (Å²) in [5, 5.41) is 0. The van der Waals surface area contributed by atoms with Crippen molar-refractivity contribution in [3.8, 4) is 0 Å². The third kappa shape index (κ3) is 1.72. The van der Waals surface area contributed by atoms with Gasteiger partial charge >= 0.3 is 0 Å². The molecule has 1 aliphatic heterocycles. The van der Waals surface area contributed by atoms with E-state index in [-0.39, 0.29) is 6.10 Å². The zero-order valence-corrected chi connectivity index (χ0v) is 7.73. The fourth-order valence-corrected chi connectivity index (χ4v) is 1.37. The molecule has 0 unspecified atom stereocenters. The predicted octanol–water partition coefficient (Wildman–Crippen LogP) is 2.24. The van der Waals surface area contributed by atoms with Crippen LogP contribution in [0.15, 0.2) is 35.3 Å². The smallest absolute Gasteiger partial charge is 0.216 e. The Morgan fingerprint density at radius 3 is 2.77 bits per heavy atom. The zero-order valence-electron chi connectivity index (χ0n) is 7.73. The van der Waals surface area contributed by atoms with Crippen LogP contribution < -0.4 is 0 Å². The largest absolute Gasteiger partial charge is 0.472 e. The first kappa shape index (κ1) is 8.30. The molecule has 1 heterocycles. The van der Waals surface area contributed by atoms with Gasteiger partial charge in [-0.3, -0.25) is 0 Å². The molecule has 2 heteroatoms. The van der Waals surface area contributed by atoms with Crippen LogP contribution in [-0.4, -0.2) is 18.5 Å². The molecule has 0 aliphatic carbocycles. The minimum absolute atomic E-state index is 0.287. The van der Waals surface area contributed by atoms with Crippen molar-refractivity contribution in [3.63, 3.8) is 0 Å². The van der Waals surface area contributed by atoms with Crippen LogP contribution in [-0.2, 0) is 4.74 Å². The quantitative estimate of drug-likeness (QED) is 0.675. The van der Waals surface area contributed by atoms with Crippen LogP contribution in [0.25, 0.3) is 0 Å². The summed E-state index contributed by atoms with van der Waals surface area (Å²) in [7, 11) is 0. The maximum absolute atomic E-state index is 5.65. The highest BCUT2D eigenvalue weighted by molar-refractivity contribution is 5.95. The number of nitrogens with zero attached hydrogens (tertiary/aromatic N) is 1. The van der Waals surface area contributed by atoms with Crippen LogP contribution in [0.3, 0.4) is 0 Å². The highest BCUT2D eigenvalue weighted by Gasteiger charge is 2.18. The Hall–Kier alpha value is -1.31. The molecule has 1 atom stereocenters. The van der Waals surface area contributed by atoms with Gasteiger partial charge in [-0.15, -0.1) is 0 Å². The van der Waals surface area contributed by atoms with Gasteiger partial charge in [-0.05, 0) is 18.6 Å². The first-order chi connectivity index (χ1) is 6.40. The lowest BCUT2D eigenvalue weighted by Crippen LogP contribution is -2.11. The Bertz CT molecular complexity index is 305. The molecule has 2 rings (SSSR count). The summed E-state index contributed by atoms with van der Waals surface area (Å²) in [6.07, 6.45) is 1.31. The standard InChI is InChI=1S/C11H13NO/c1-2-10-8-12-11(13-10)9-6-4-3-5-7-9/h3-7,10H,2,8H2,1H3/t10-/m0/s1. The maximum Gasteiger partial charge on any atom is 0.216 e. The van der Waals surface area contributed by atoms with E-state index >= 15 is 0 Å². The fraction of sp³-hybridized carbons (Fsp3) is 0.364. The molecule has 1 aromatic carbocycles. The van der Waals surface area contributed by atoms with E-state index in [0.717, 1.165) is 24.4 Å². The van der Waals surface area contributed by atoms with Crippen molar-refractivity contribution in [2.75, 3.05) is 6.54 Å². The molecule has 0 saturated carbocycles. The molecule has 2 nitrogen and oxygen atoms in total. The highest BCUT2D eigenvalue weighted by atomic mass is 16.5. The zero-order chi connectivity index (χ0) is 9.10. The van der Waals surface area contributed by atoms with Gasteiger partial charge in [0.05, 0.1) is 6.54 Å². The lowest BCUT2D eigenvalue weighted by Gasteiger charge is -2.07. The van der Waals surface area contributed by atoms with Crippen LogP contribution >= 0.6 is 0 Å². The van der Waals surface area contributed by atoms with Crippen molar-refractivity contribution in [1.82, 2.24) is 0 Å². The van der Waals surface area contributed by atoms with E-state index in [2.05, 4.69) is 11.9 Å². The Labute approximate surface area is 78.3 Å². The second-order valence-corrected chi connectivity index (χ2v) is 3.16. The van der Waals surface area contributed by atoms with Crippen LogP contribution in [0.1, 0.15) is 18.9 Å². The van der Waals surface area contributed by atoms with Gasteiger partial charge in [0.2, 0.25) is 5.90 Å². The van der Waals surface area contributed by atoms with E-state index in [9.17, 15) is 0 Å². The normalized spacial score (nSPS) is 21.0. The van der Waals surface area contributed by atoms with E-state index in [0.29, 0.717) is 0 Å². The molecule has 0 radical (unpaired) electrons. The minimum Gasteiger partial charge on any atom is -0.472 e. The molecular formula is C11H13NO. The number of hydrogen-bond donors (Lipinski definition) is 0. The van der Waals surface area contributed by atoms with Gasteiger partial charge in [-0.2, -0.15) is 0 Å². The molecule has 13 heavy (non-hydrogen) atoms. The molecule has 0 spiro atoms. The number of hydrogen-bond acceptors (Lipinski definition) is 2. The SMILES string of the molecule is CC[C@H]1CN=C(c2ccccc2)O1. The Balaban J connectivity index is 2.12. The number of ether oxygens (including phenoxy) is 1. The maximum atomic E-state index is 5.65. The summed E-state index contributed by atoms with van der Waals surface area (Å²) in [6.45, 7) is 2.93. The van der Waals surface area contributed by atoms with Gasteiger partial charge in [0, 0.05) is 5.56 Å². The van der Waals surface area contributed by atoms with Crippen molar-refractivity contribution in [1.29, 1.82) is 0 Å². The molecule has 1 aromatic rings. The van der Waals surface area contributed by atoms with Crippen LogP contribution in [0.4, 0.5) is 0 Å². The Morgan fingerprint density at radius 2 is 2.15 bits per heavy atom. The highest BCUT2D eigenvalue weighted by Crippen LogP contribution is 2.13. The van der Waals surface area contributed by atoms with Gasteiger partial charge in [-0.1, -0.05) is 25.1 Å². The molecule has 0 amide bonds. The van der Waals surface area contributed by atoms with Gasteiger partial charge in [0.25, 0.3) is 0 Å². The molecular weight excluding hydrogens is 162 g/mol. The monoisotopic (exact) mass is 175 g/mol. The first-order valence-corrected chi connectivity index (χ1v) is 4.66. The Morgan fingerprint density at radius 1 is 1.38 bits per heavy atom. The third-order valence-corrected chi connectivity index (χ3v) is 2.19. The van der Waals surface area contributed by atoms with Crippen molar-refractivity contribution < 1.29 is 4.74 Å². The number of benzene rings is 1. The minimum atomic E-state index is 0.287. The predicted molar refractivity (Wildman–Crippen MR) is 53.0 cm³/mol. The second kappa shape index (κ2) is 3.60. The summed E-state index contributed by atoms with van der Waals surface area (Å²) in [4.78, 5) is 4.35. The van der Waals surface area contributed by atoms with Gasteiger partial charge in [0.1, 0.15) is 6.10 Å². The number of rotatable bonds is 2. The molecule has 1 aliphatic rings. The molecule has 0 N–H and O–H groups in total. The van der Waals surface area contributed by atoms with Crippen molar-refractivity contribution in [3.05, 3.63) is 35.9 Å². The van der Waals surface area contributed by atoms with E-state index in [1.54, 1.807) is 0 Å². The third-order valence-electron chi connectivity index (χ3n) is 2.19. The molecule has 0 aromatic heterocycles. The van der Waals surface area contributed by atoms with Crippen LogP contribution in [0.2, 0.25) is 0 Å². The van der Waals surface area contributed by atoms with E-state index in [1.807, 2.05) is 30.3 Å². The van der Waals surface area contributed by atoms with Crippen molar-refractivity contribution in [2.24, 2.45) is 4.99 Å². The van der Waals surface area contributed by atoms with E-state index < -0.39 is 0 Å². The van der Waals surface area contributed by atoms with Crippen LogP contribution in [0, 0.1) is 0 Å². The van der Waals surface area contributed by atoms with E-state index in [4.69, 9.17) is 4.74 Å². The average molecular weight is 175 g/mol. The van der Waals surface area contributed by atoms with Crippen LogP contribution in [0.5, 0.6) is 0 Å².